The highest BCUT2D eigenvalue weighted by Crippen LogP contribution is 2.21. The quantitative estimate of drug-likeness (QED) is 0.617. The van der Waals surface area contributed by atoms with Crippen molar-refractivity contribution in [1.82, 2.24) is 0 Å². The van der Waals surface area contributed by atoms with Gasteiger partial charge in [-0.3, -0.25) is 4.79 Å². The molecular formula is C11H20O3. The Morgan fingerprint density at radius 3 is 2.21 bits per heavy atom. The maximum absolute atomic E-state index is 11.1. The summed E-state index contributed by atoms with van der Waals surface area (Å²) in [5, 5.41) is 0. The first-order valence-corrected chi connectivity index (χ1v) is 5.03. The summed E-state index contributed by atoms with van der Waals surface area (Å²) in [4.78, 5) is 21.9. The fourth-order valence-electron chi connectivity index (χ4n) is 1.36. The van der Waals surface area contributed by atoms with Gasteiger partial charge < -0.3 is 9.53 Å². The van der Waals surface area contributed by atoms with Gasteiger partial charge in [0.25, 0.3) is 0 Å². The predicted octanol–water partition coefficient (Wildman–Crippen LogP) is 2.19. The van der Waals surface area contributed by atoms with E-state index in [0.29, 0.717) is 18.8 Å². The summed E-state index contributed by atoms with van der Waals surface area (Å²) in [7, 11) is 1.39. The predicted molar refractivity (Wildman–Crippen MR) is 54.9 cm³/mol. The minimum Gasteiger partial charge on any atom is -0.469 e. The molecule has 0 bridgehead atoms. The van der Waals surface area contributed by atoms with Gasteiger partial charge in [-0.25, -0.2) is 0 Å². The molecule has 0 aromatic rings. The molecular weight excluding hydrogens is 180 g/mol. The Morgan fingerprint density at radius 1 is 1.29 bits per heavy atom. The largest absolute Gasteiger partial charge is 0.469 e. The summed E-state index contributed by atoms with van der Waals surface area (Å²) in [5.41, 5.74) is 0. The van der Waals surface area contributed by atoms with Crippen LogP contribution in [0.25, 0.3) is 0 Å². The lowest BCUT2D eigenvalue weighted by Crippen LogP contribution is -2.16. The van der Waals surface area contributed by atoms with E-state index in [9.17, 15) is 9.59 Å². The van der Waals surface area contributed by atoms with Crippen molar-refractivity contribution in [2.24, 2.45) is 11.8 Å². The van der Waals surface area contributed by atoms with Crippen LogP contribution in [-0.4, -0.2) is 18.9 Å². The van der Waals surface area contributed by atoms with Gasteiger partial charge >= 0.3 is 5.97 Å². The van der Waals surface area contributed by atoms with E-state index < -0.39 is 0 Å². The van der Waals surface area contributed by atoms with Gasteiger partial charge in [-0.1, -0.05) is 13.8 Å². The van der Waals surface area contributed by atoms with E-state index in [1.165, 1.54) is 7.11 Å². The van der Waals surface area contributed by atoms with Crippen molar-refractivity contribution >= 4 is 11.8 Å². The van der Waals surface area contributed by atoms with Crippen LogP contribution in [0.1, 0.15) is 40.0 Å². The van der Waals surface area contributed by atoms with Crippen LogP contribution >= 0.6 is 0 Å². The van der Waals surface area contributed by atoms with Gasteiger partial charge in [0.1, 0.15) is 5.78 Å². The number of methoxy groups -OCH3 is 1. The lowest BCUT2D eigenvalue weighted by atomic mass is 9.88. The van der Waals surface area contributed by atoms with Crippen molar-refractivity contribution in [3.05, 3.63) is 0 Å². The lowest BCUT2D eigenvalue weighted by molar-refractivity contribution is -0.142. The molecule has 0 radical (unpaired) electrons. The molecule has 0 saturated carbocycles. The lowest BCUT2D eigenvalue weighted by Gasteiger charge is -2.18. The number of hydrogen-bond acceptors (Lipinski definition) is 3. The average molecular weight is 200 g/mol. The number of esters is 1. The summed E-state index contributed by atoms with van der Waals surface area (Å²) in [6, 6.07) is 0. The summed E-state index contributed by atoms with van der Waals surface area (Å²) in [6.45, 7) is 5.71. The van der Waals surface area contributed by atoms with Crippen LogP contribution in [0, 0.1) is 11.8 Å². The van der Waals surface area contributed by atoms with Crippen molar-refractivity contribution in [1.29, 1.82) is 0 Å². The van der Waals surface area contributed by atoms with E-state index in [1.54, 1.807) is 6.92 Å². The molecule has 1 atom stereocenters. The van der Waals surface area contributed by atoms with Crippen LogP contribution in [0.2, 0.25) is 0 Å². The molecule has 3 heteroatoms. The van der Waals surface area contributed by atoms with E-state index in [2.05, 4.69) is 18.6 Å². The zero-order valence-electron chi connectivity index (χ0n) is 9.50. The molecule has 0 N–H and O–H groups in total. The van der Waals surface area contributed by atoms with Crippen LogP contribution in [0.5, 0.6) is 0 Å². The molecule has 0 unspecified atom stereocenters. The minimum absolute atomic E-state index is 0.181. The van der Waals surface area contributed by atoms with Crippen molar-refractivity contribution in [3.63, 3.8) is 0 Å². The second-order valence-electron chi connectivity index (χ2n) is 4.03. The number of Topliss-reactive ketones (excluding diaryl/α,β-unsaturated/α-hetero) is 1. The Labute approximate surface area is 85.8 Å². The normalized spacial score (nSPS) is 12.6. The van der Waals surface area contributed by atoms with Crippen LogP contribution in [-0.2, 0) is 14.3 Å². The zero-order chi connectivity index (χ0) is 11.1. The fourth-order valence-corrected chi connectivity index (χ4v) is 1.36. The minimum atomic E-state index is -0.188. The fraction of sp³-hybridized carbons (Fsp3) is 0.818. The highest BCUT2D eigenvalue weighted by Gasteiger charge is 2.18. The van der Waals surface area contributed by atoms with Crippen molar-refractivity contribution in [3.8, 4) is 0 Å². The highest BCUT2D eigenvalue weighted by molar-refractivity contribution is 5.75. The molecule has 0 saturated heterocycles. The standard InChI is InChI=1S/C11H20O3/c1-8(2)10(6-5-9(3)12)7-11(13)14-4/h8,10H,5-7H2,1-4H3/t10-/m0/s1. The van der Waals surface area contributed by atoms with Crippen LogP contribution in [0.3, 0.4) is 0 Å². The highest BCUT2D eigenvalue weighted by atomic mass is 16.5. The maximum Gasteiger partial charge on any atom is 0.305 e. The molecule has 0 amide bonds. The van der Waals surface area contributed by atoms with E-state index >= 15 is 0 Å². The van der Waals surface area contributed by atoms with Crippen molar-refractivity contribution in [2.75, 3.05) is 7.11 Å². The van der Waals surface area contributed by atoms with Gasteiger partial charge in [-0.15, -0.1) is 0 Å². The van der Waals surface area contributed by atoms with E-state index in [-0.39, 0.29) is 17.7 Å². The Kier molecular flexibility index (Phi) is 6.17. The smallest absolute Gasteiger partial charge is 0.305 e. The molecule has 3 nitrogen and oxygen atoms in total. The van der Waals surface area contributed by atoms with Gasteiger partial charge in [-0.05, 0) is 25.2 Å². The Balaban J connectivity index is 4.02. The Bertz CT molecular complexity index is 197. The maximum atomic E-state index is 11.1. The number of carbonyl (C=O) groups excluding carboxylic acids is 2. The van der Waals surface area contributed by atoms with Gasteiger partial charge in [0, 0.05) is 12.8 Å². The molecule has 0 heterocycles. The summed E-state index contributed by atoms with van der Waals surface area (Å²) in [6.07, 6.45) is 1.75. The monoisotopic (exact) mass is 200 g/mol. The molecule has 0 aromatic carbocycles. The number of hydrogen-bond donors (Lipinski definition) is 0. The number of ether oxygens (including phenoxy) is 1. The SMILES string of the molecule is COC(=O)C[C@H](CCC(C)=O)C(C)C. The number of carbonyl (C=O) groups is 2. The second-order valence-corrected chi connectivity index (χ2v) is 4.03. The van der Waals surface area contributed by atoms with E-state index in [1.807, 2.05) is 0 Å². The third kappa shape index (κ3) is 5.73. The Morgan fingerprint density at radius 2 is 1.86 bits per heavy atom. The molecule has 0 aliphatic carbocycles. The summed E-state index contributed by atoms with van der Waals surface area (Å²) < 4.78 is 4.61. The molecule has 82 valence electrons. The van der Waals surface area contributed by atoms with Gasteiger partial charge in [0.15, 0.2) is 0 Å². The van der Waals surface area contributed by atoms with E-state index in [4.69, 9.17) is 0 Å². The second kappa shape index (κ2) is 6.57. The molecule has 0 aliphatic rings. The van der Waals surface area contributed by atoms with Crippen LogP contribution in [0.15, 0.2) is 0 Å². The number of rotatable bonds is 6. The molecule has 0 aliphatic heterocycles. The first-order chi connectivity index (χ1) is 6.47. The average Bonchev–Trinajstić information content (AvgIpc) is 2.10. The molecule has 0 spiro atoms. The topological polar surface area (TPSA) is 43.4 Å². The molecule has 14 heavy (non-hydrogen) atoms. The first-order valence-electron chi connectivity index (χ1n) is 5.03. The van der Waals surface area contributed by atoms with E-state index in [0.717, 1.165) is 6.42 Å². The summed E-state index contributed by atoms with van der Waals surface area (Å²) >= 11 is 0. The van der Waals surface area contributed by atoms with Gasteiger partial charge in [0.2, 0.25) is 0 Å². The molecule has 0 fully saturated rings. The third-order valence-corrected chi connectivity index (χ3v) is 2.47. The molecule has 0 aromatic heterocycles. The third-order valence-electron chi connectivity index (χ3n) is 2.47. The van der Waals surface area contributed by atoms with Crippen LogP contribution < -0.4 is 0 Å². The first kappa shape index (κ1) is 13.1. The zero-order valence-corrected chi connectivity index (χ0v) is 9.50. The van der Waals surface area contributed by atoms with Gasteiger partial charge in [-0.2, -0.15) is 0 Å². The van der Waals surface area contributed by atoms with Gasteiger partial charge in [0.05, 0.1) is 7.11 Å². The van der Waals surface area contributed by atoms with Crippen molar-refractivity contribution < 1.29 is 14.3 Å². The Hall–Kier alpha value is -0.860. The number of ketones is 1. The summed E-state index contributed by atoms with van der Waals surface area (Å²) in [5.74, 6) is 0.660. The molecule has 0 rings (SSSR count). The van der Waals surface area contributed by atoms with Crippen molar-refractivity contribution in [2.45, 2.75) is 40.0 Å². The van der Waals surface area contributed by atoms with Crippen LogP contribution in [0.4, 0.5) is 0 Å².